The maximum Gasteiger partial charge on any atom is 0.127 e. The number of para-hydroxylation sites is 1. The molecular formula is C16H11NO. The predicted molar refractivity (Wildman–Crippen MR) is 73.8 cm³/mol. The van der Waals surface area contributed by atoms with Crippen molar-refractivity contribution in [2.75, 3.05) is 6.61 Å². The molecule has 0 radical (unpaired) electrons. The molecule has 0 N–H and O–H groups in total. The molecule has 4 rings (SSSR count). The van der Waals surface area contributed by atoms with E-state index < -0.39 is 0 Å². The normalized spacial score (nSPS) is 13.6. The summed E-state index contributed by atoms with van der Waals surface area (Å²) in [6, 6.07) is 14.4. The van der Waals surface area contributed by atoms with Gasteiger partial charge >= 0.3 is 0 Å². The highest BCUT2D eigenvalue weighted by atomic mass is 16.5. The van der Waals surface area contributed by atoms with Gasteiger partial charge in [0.2, 0.25) is 0 Å². The van der Waals surface area contributed by atoms with Crippen molar-refractivity contribution in [1.82, 2.24) is 4.98 Å². The van der Waals surface area contributed by atoms with E-state index in [2.05, 4.69) is 18.2 Å². The highest BCUT2D eigenvalue weighted by molar-refractivity contribution is 5.98. The number of aromatic nitrogens is 1. The van der Waals surface area contributed by atoms with Crippen LogP contribution in [0.4, 0.5) is 0 Å². The fourth-order valence-electron chi connectivity index (χ4n) is 2.45. The second-order valence-corrected chi connectivity index (χ2v) is 4.44. The standard InChI is InChI=1S/C16H11NO/c1-2-6-14-11(4-1)10-13-12-5-3-9-18-16(12)8-7-15(13)17-14/h1-8,10H,9H2. The molecule has 2 heterocycles. The van der Waals surface area contributed by atoms with Crippen LogP contribution >= 0.6 is 0 Å². The third kappa shape index (κ3) is 1.32. The van der Waals surface area contributed by atoms with Gasteiger partial charge in [-0.2, -0.15) is 0 Å². The summed E-state index contributed by atoms with van der Waals surface area (Å²) in [6.07, 6.45) is 4.16. The Labute approximate surface area is 105 Å². The highest BCUT2D eigenvalue weighted by Gasteiger charge is 2.10. The number of pyridine rings is 1. The topological polar surface area (TPSA) is 22.1 Å². The lowest BCUT2D eigenvalue weighted by Crippen LogP contribution is -2.00. The summed E-state index contributed by atoms with van der Waals surface area (Å²) in [4.78, 5) is 4.70. The Hall–Kier alpha value is -2.35. The molecule has 1 aliphatic rings. The third-order valence-corrected chi connectivity index (χ3v) is 3.32. The molecule has 1 aliphatic heterocycles. The summed E-state index contributed by atoms with van der Waals surface area (Å²) in [5, 5.41) is 2.32. The van der Waals surface area contributed by atoms with Gasteiger partial charge < -0.3 is 4.74 Å². The first-order chi connectivity index (χ1) is 8.92. The van der Waals surface area contributed by atoms with E-state index in [0.717, 1.165) is 33.1 Å². The van der Waals surface area contributed by atoms with E-state index in [9.17, 15) is 0 Å². The lowest BCUT2D eigenvalue weighted by Gasteiger charge is -2.14. The van der Waals surface area contributed by atoms with Crippen molar-refractivity contribution in [3.63, 3.8) is 0 Å². The van der Waals surface area contributed by atoms with Crippen molar-refractivity contribution in [1.29, 1.82) is 0 Å². The molecule has 3 aromatic rings. The zero-order valence-electron chi connectivity index (χ0n) is 9.76. The Balaban J connectivity index is 2.16. The Bertz CT molecular complexity index is 790. The minimum absolute atomic E-state index is 0.652. The van der Waals surface area contributed by atoms with Crippen LogP contribution in [0.5, 0.6) is 5.75 Å². The van der Waals surface area contributed by atoms with Gasteiger partial charge in [-0.1, -0.05) is 24.3 Å². The van der Waals surface area contributed by atoms with Gasteiger partial charge in [0.1, 0.15) is 12.4 Å². The summed E-state index contributed by atoms with van der Waals surface area (Å²) in [5.41, 5.74) is 3.19. The largest absolute Gasteiger partial charge is 0.489 e. The molecule has 1 aromatic heterocycles. The van der Waals surface area contributed by atoms with E-state index in [0.29, 0.717) is 6.61 Å². The van der Waals surface area contributed by atoms with Gasteiger partial charge in [0, 0.05) is 16.3 Å². The Kier molecular flexibility index (Phi) is 1.92. The smallest absolute Gasteiger partial charge is 0.127 e. The van der Waals surface area contributed by atoms with Crippen LogP contribution in [0.2, 0.25) is 0 Å². The number of hydrogen-bond acceptors (Lipinski definition) is 2. The van der Waals surface area contributed by atoms with Crippen LogP contribution in [0.25, 0.3) is 27.9 Å². The van der Waals surface area contributed by atoms with Crippen LogP contribution in [0.15, 0.2) is 48.5 Å². The number of hydrogen-bond donors (Lipinski definition) is 0. The average Bonchev–Trinajstić information content (AvgIpc) is 2.45. The molecule has 2 aromatic carbocycles. The molecule has 18 heavy (non-hydrogen) atoms. The van der Waals surface area contributed by atoms with Crippen molar-refractivity contribution >= 4 is 27.9 Å². The summed E-state index contributed by atoms with van der Waals surface area (Å²) < 4.78 is 5.63. The Morgan fingerprint density at radius 3 is 2.94 bits per heavy atom. The van der Waals surface area contributed by atoms with Crippen LogP contribution in [-0.2, 0) is 0 Å². The van der Waals surface area contributed by atoms with E-state index in [1.807, 2.05) is 36.4 Å². The van der Waals surface area contributed by atoms with Gasteiger partial charge in [-0.25, -0.2) is 4.98 Å². The van der Waals surface area contributed by atoms with Gasteiger partial charge in [-0.15, -0.1) is 0 Å². The molecule has 0 saturated heterocycles. The second-order valence-electron chi connectivity index (χ2n) is 4.44. The minimum atomic E-state index is 0.652. The van der Waals surface area contributed by atoms with Gasteiger partial charge in [0.15, 0.2) is 0 Å². The molecule has 0 atom stereocenters. The van der Waals surface area contributed by atoms with Crippen LogP contribution in [-0.4, -0.2) is 11.6 Å². The zero-order valence-corrected chi connectivity index (χ0v) is 9.76. The van der Waals surface area contributed by atoms with E-state index >= 15 is 0 Å². The van der Waals surface area contributed by atoms with Crippen molar-refractivity contribution in [2.45, 2.75) is 0 Å². The first-order valence-corrected chi connectivity index (χ1v) is 6.04. The SMILES string of the molecule is C1=Cc2c(ccc3nc4ccccc4cc23)OC1. The van der Waals surface area contributed by atoms with E-state index in [4.69, 9.17) is 9.72 Å². The maximum absolute atomic E-state index is 5.63. The van der Waals surface area contributed by atoms with Crippen molar-refractivity contribution < 1.29 is 4.74 Å². The molecule has 0 bridgehead atoms. The summed E-state index contributed by atoms with van der Waals surface area (Å²) in [5.74, 6) is 0.946. The lowest BCUT2D eigenvalue weighted by atomic mass is 10.0. The first-order valence-electron chi connectivity index (χ1n) is 6.04. The van der Waals surface area contributed by atoms with Crippen LogP contribution < -0.4 is 4.74 Å². The number of benzene rings is 2. The van der Waals surface area contributed by atoms with Gasteiger partial charge in [0.25, 0.3) is 0 Å². The van der Waals surface area contributed by atoms with Crippen LogP contribution in [0, 0.1) is 0 Å². The maximum atomic E-state index is 5.63. The molecular weight excluding hydrogens is 222 g/mol. The Morgan fingerprint density at radius 2 is 1.94 bits per heavy atom. The summed E-state index contributed by atoms with van der Waals surface area (Å²) >= 11 is 0. The number of ether oxygens (including phenoxy) is 1. The lowest BCUT2D eigenvalue weighted by molar-refractivity contribution is 0.359. The van der Waals surface area contributed by atoms with E-state index in [1.54, 1.807) is 0 Å². The molecule has 0 spiro atoms. The molecule has 86 valence electrons. The fourth-order valence-corrected chi connectivity index (χ4v) is 2.45. The van der Waals surface area contributed by atoms with Crippen molar-refractivity contribution in [2.24, 2.45) is 0 Å². The van der Waals surface area contributed by atoms with E-state index in [1.165, 1.54) is 0 Å². The molecule has 0 saturated carbocycles. The molecule has 2 nitrogen and oxygen atoms in total. The molecule has 0 unspecified atom stereocenters. The summed E-state index contributed by atoms with van der Waals surface area (Å²) in [6.45, 7) is 0.652. The molecule has 0 aliphatic carbocycles. The molecule has 0 fully saturated rings. The van der Waals surface area contributed by atoms with Gasteiger partial charge in [-0.3, -0.25) is 0 Å². The van der Waals surface area contributed by atoms with Crippen molar-refractivity contribution in [3.05, 3.63) is 54.1 Å². The van der Waals surface area contributed by atoms with Gasteiger partial charge in [-0.05, 0) is 30.3 Å². The van der Waals surface area contributed by atoms with E-state index in [-0.39, 0.29) is 0 Å². The quantitative estimate of drug-likeness (QED) is 0.551. The number of fused-ring (bicyclic) bond motifs is 4. The van der Waals surface area contributed by atoms with Crippen molar-refractivity contribution in [3.8, 4) is 5.75 Å². The average molecular weight is 233 g/mol. The fraction of sp³-hybridized carbons (Fsp3) is 0.0625. The predicted octanol–water partition coefficient (Wildman–Crippen LogP) is 3.79. The second kappa shape index (κ2) is 3.57. The number of nitrogens with zero attached hydrogens (tertiary/aromatic N) is 1. The minimum Gasteiger partial charge on any atom is -0.489 e. The monoisotopic (exact) mass is 233 g/mol. The summed E-state index contributed by atoms with van der Waals surface area (Å²) in [7, 11) is 0. The highest BCUT2D eigenvalue weighted by Crippen LogP contribution is 2.32. The number of rotatable bonds is 0. The third-order valence-electron chi connectivity index (χ3n) is 3.32. The van der Waals surface area contributed by atoms with Crippen LogP contribution in [0.1, 0.15) is 5.56 Å². The molecule has 0 amide bonds. The van der Waals surface area contributed by atoms with Gasteiger partial charge in [0.05, 0.1) is 11.0 Å². The molecule has 2 heteroatoms. The Morgan fingerprint density at radius 1 is 1.00 bits per heavy atom. The van der Waals surface area contributed by atoms with Crippen LogP contribution in [0.3, 0.4) is 0 Å². The zero-order chi connectivity index (χ0) is 11.9. The first kappa shape index (κ1) is 9.66.